The Hall–Kier alpha value is -2.19. The molecule has 0 radical (unpaired) electrons. The van der Waals surface area contributed by atoms with Gasteiger partial charge in [0.05, 0.1) is 5.69 Å². The van der Waals surface area contributed by atoms with E-state index in [1.807, 2.05) is 35.8 Å². The second-order valence-corrected chi connectivity index (χ2v) is 8.59. The first-order valence-electron chi connectivity index (χ1n) is 10.7. The first kappa shape index (κ1) is 20.1. The van der Waals surface area contributed by atoms with Crippen LogP contribution in [0.4, 0.5) is 0 Å². The first-order chi connectivity index (χ1) is 14.2. The second kappa shape index (κ2) is 9.54. The lowest BCUT2D eigenvalue weighted by molar-refractivity contribution is 0.0736. The van der Waals surface area contributed by atoms with E-state index in [2.05, 4.69) is 19.3 Å². The lowest BCUT2D eigenvalue weighted by Gasteiger charge is -2.24. The molecule has 1 amide bonds. The molecule has 0 spiro atoms. The summed E-state index contributed by atoms with van der Waals surface area (Å²) in [5.41, 5.74) is 1.60. The van der Waals surface area contributed by atoms with Crippen LogP contribution in [0, 0.1) is 6.92 Å². The van der Waals surface area contributed by atoms with Crippen molar-refractivity contribution < 1.29 is 4.79 Å². The van der Waals surface area contributed by atoms with E-state index in [1.54, 1.807) is 11.3 Å². The summed E-state index contributed by atoms with van der Waals surface area (Å²) in [6.45, 7) is 6.19. The molecule has 7 nitrogen and oxygen atoms in total. The van der Waals surface area contributed by atoms with Gasteiger partial charge < -0.3 is 14.8 Å². The fraction of sp³-hybridized carbons (Fsp3) is 0.571. The van der Waals surface area contributed by atoms with Crippen molar-refractivity contribution in [2.24, 2.45) is 0 Å². The molecule has 8 heteroatoms. The zero-order chi connectivity index (χ0) is 20.1. The molecular weight excluding hydrogens is 384 g/mol. The smallest absolute Gasteiger partial charge is 0.274 e. The molecular formula is C21H30N6OS. The van der Waals surface area contributed by atoms with Gasteiger partial charge in [0.2, 0.25) is 0 Å². The zero-order valence-electron chi connectivity index (χ0n) is 17.1. The molecule has 3 aromatic heterocycles. The van der Waals surface area contributed by atoms with E-state index >= 15 is 0 Å². The number of likely N-dealkylation sites (tertiary alicyclic amines) is 1. The van der Waals surface area contributed by atoms with Gasteiger partial charge in [-0.05, 0) is 32.7 Å². The summed E-state index contributed by atoms with van der Waals surface area (Å²) in [5.74, 6) is 1.13. The third-order valence-corrected chi connectivity index (χ3v) is 6.43. The number of amides is 1. The van der Waals surface area contributed by atoms with Crippen LogP contribution in [-0.4, -0.2) is 49.4 Å². The van der Waals surface area contributed by atoms with Crippen LogP contribution in [0.1, 0.15) is 60.5 Å². The Kier molecular flexibility index (Phi) is 6.61. The maximum absolute atomic E-state index is 13.3. The van der Waals surface area contributed by atoms with Gasteiger partial charge in [0.25, 0.3) is 5.91 Å². The molecule has 0 aromatic carbocycles. The third-order valence-electron chi connectivity index (χ3n) is 5.68. The number of aromatic nitrogens is 4. The number of nitrogens with one attached hydrogen (secondary N) is 1. The molecule has 1 fully saturated rings. The standard InChI is InChI=1S/C21H30N6OS/c1-17-23-9-13-25(17)12-7-8-22-16-18-19(24-21-27(18)14-15-29-21)20(28)26-10-5-3-2-4-6-11-26/h9,13-15,22H,2-8,10-12,16H2,1H3. The Bertz CT molecular complexity index is 934. The largest absolute Gasteiger partial charge is 0.337 e. The van der Waals surface area contributed by atoms with Gasteiger partial charge in [-0.1, -0.05) is 19.3 Å². The third kappa shape index (κ3) is 4.70. The molecule has 1 N–H and O–H groups in total. The Labute approximate surface area is 175 Å². The van der Waals surface area contributed by atoms with E-state index in [0.717, 1.165) is 61.9 Å². The maximum Gasteiger partial charge on any atom is 0.274 e. The van der Waals surface area contributed by atoms with Gasteiger partial charge in [-0.25, -0.2) is 9.97 Å². The summed E-state index contributed by atoms with van der Waals surface area (Å²) in [4.78, 5) is 25.1. The average molecular weight is 415 g/mol. The first-order valence-corrected chi connectivity index (χ1v) is 11.5. The molecule has 4 rings (SSSR count). The van der Waals surface area contributed by atoms with Gasteiger partial charge in [-0.2, -0.15) is 0 Å². The van der Waals surface area contributed by atoms with Crippen molar-refractivity contribution in [3.05, 3.63) is 41.2 Å². The van der Waals surface area contributed by atoms with Gasteiger partial charge in [0.15, 0.2) is 10.7 Å². The Balaban J connectivity index is 1.40. The average Bonchev–Trinajstić information content (AvgIpc) is 3.38. The molecule has 1 saturated heterocycles. The molecule has 156 valence electrons. The number of rotatable bonds is 7. The van der Waals surface area contributed by atoms with Crippen LogP contribution in [0.15, 0.2) is 24.0 Å². The number of hydrogen-bond acceptors (Lipinski definition) is 5. The highest BCUT2D eigenvalue weighted by Gasteiger charge is 2.24. The van der Waals surface area contributed by atoms with Crippen LogP contribution in [-0.2, 0) is 13.1 Å². The molecule has 1 aliphatic heterocycles. The van der Waals surface area contributed by atoms with Crippen LogP contribution in [0.5, 0.6) is 0 Å². The number of carbonyl (C=O) groups excluding carboxylic acids is 1. The van der Waals surface area contributed by atoms with Gasteiger partial charge >= 0.3 is 0 Å². The van der Waals surface area contributed by atoms with Gasteiger partial charge in [0.1, 0.15) is 5.82 Å². The topological polar surface area (TPSA) is 67.5 Å². The van der Waals surface area contributed by atoms with Crippen LogP contribution in [0.2, 0.25) is 0 Å². The number of aryl methyl sites for hydroxylation is 2. The lowest BCUT2D eigenvalue weighted by atomic mass is 10.1. The molecule has 0 atom stereocenters. The molecule has 29 heavy (non-hydrogen) atoms. The Morgan fingerprint density at radius 3 is 2.72 bits per heavy atom. The van der Waals surface area contributed by atoms with Crippen molar-refractivity contribution >= 4 is 22.2 Å². The minimum Gasteiger partial charge on any atom is -0.337 e. The number of thiazole rings is 1. The van der Waals surface area contributed by atoms with Crippen LogP contribution in [0.25, 0.3) is 4.96 Å². The predicted molar refractivity (Wildman–Crippen MR) is 115 cm³/mol. The summed E-state index contributed by atoms with van der Waals surface area (Å²) in [6.07, 6.45) is 12.8. The van der Waals surface area contributed by atoms with E-state index in [9.17, 15) is 4.79 Å². The summed E-state index contributed by atoms with van der Waals surface area (Å²) in [7, 11) is 0. The van der Waals surface area contributed by atoms with Crippen LogP contribution in [0.3, 0.4) is 0 Å². The van der Waals surface area contributed by atoms with Crippen LogP contribution < -0.4 is 5.32 Å². The predicted octanol–water partition coefficient (Wildman–Crippen LogP) is 3.49. The molecule has 0 aliphatic carbocycles. The number of nitrogens with zero attached hydrogens (tertiary/aromatic N) is 5. The minimum atomic E-state index is 0.0913. The van der Waals surface area contributed by atoms with E-state index in [1.165, 1.54) is 19.3 Å². The Morgan fingerprint density at radius 1 is 1.17 bits per heavy atom. The number of hydrogen-bond donors (Lipinski definition) is 1. The summed E-state index contributed by atoms with van der Waals surface area (Å²) in [5, 5.41) is 5.54. The van der Waals surface area contributed by atoms with Crippen molar-refractivity contribution in [2.75, 3.05) is 19.6 Å². The van der Waals surface area contributed by atoms with Crippen molar-refractivity contribution in [1.82, 2.24) is 29.2 Å². The zero-order valence-corrected chi connectivity index (χ0v) is 18.0. The van der Waals surface area contributed by atoms with Gasteiger partial charge in [0, 0.05) is 50.1 Å². The summed E-state index contributed by atoms with van der Waals surface area (Å²) < 4.78 is 4.23. The number of carbonyl (C=O) groups is 1. The van der Waals surface area contributed by atoms with Gasteiger partial charge in [-0.3, -0.25) is 9.20 Å². The van der Waals surface area contributed by atoms with E-state index < -0.39 is 0 Å². The minimum absolute atomic E-state index is 0.0913. The highest BCUT2D eigenvalue weighted by Crippen LogP contribution is 2.20. The fourth-order valence-electron chi connectivity index (χ4n) is 3.99. The lowest BCUT2D eigenvalue weighted by Crippen LogP contribution is -2.35. The van der Waals surface area contributed by atoms with Gasteiger partial charge in [-0.15, -0.1) is 11.3 Å². The molecule has 0 saturated carbocycles. The van der Waals surface area contributed by atoms with Crippen molar-refractivity contribution in [2.45, 2.75) is 58.5 Å². The number of fused-ring (bicyclic) bond motifs is 1. The quantitative estimate of drug-likeness (QED) is 0.601. The highest BCUT2D eigenvalue weighted by molar-refractivity contribution is 7.15. The summed E-state index contributed by atoms with van der Waals surface area (Å²) >= 11 is 1.58. The highest BCUT2D eigenvalue weighted by atomic mass is 32.1. The second-order valence-electron chi connectivity index (χ2n) is 7.72. The Morgan fingerprint density at radius 2 is 1.97 bits per heavy atom. The monoisotopic (exact) mass is 414 g/mol. The van der Waals surface area contributed by atoms with Crippen molar-refractivity contribution in [3.63, 3.8) is 0 Å². The fourth-order valence-corrected chi connectivity index (χ4v) is 4.73. The maximum atomic E-state index is 13.3. The normalized spacial score (nSPS) is 15.6. The molecule has 0 unspecified atom stereocenters. The number of imidazole rings is 2. The van der Waals surface area contributed by atoms with Crippen LogP contribution >= 0.6 is 11.3 Å². The molecule has 1 aliphatic rings. The van der Waals surface area contributed by atoms with Crippen molar-refractivity contribution in [3.8, 4) is 0 Å². The SMILES string of the molecule is Cc1nccn1CCCNCc1c(C(=O)N2CCCCCCC2)nc2sccn12. The van der Waals surface area contributed by atoms with E-state index in [0.29, 0.717) is 12.2 Å². The molecule has 0 bridgehead atoms. The van der Waals surface area contributed by atoms with E-state index in [-0.39, 0.29) is 5.91 Å². The summed E-state index contributed by atoms with van der Waals surface area (Å²) in [6, 6.07) is 0. The molecule has 4 heterocycles. The van der Waals surface area contributed by atoms with Crippen molar-refractivity contribution in [1.29, 1.82) is 0 Å². The molecule has 3 aromatic rings. The van der Waals surface area contributed by atoms with E-state index in [4.69, 9.17) is 4.98 Å².